The summed E-state index contributed by atoms with van der Waals surface area (Å²) in [7, 11) is 0. The summed E-state index contributed by atoms with van der Waals surface area (Å²) in [5.74, 6) is -1.75. The maximum atomic E-state index is 12.2. The van der Waals surface area contributed by atoms with Crippen molar-refractivity contribution in [2.75, 3.05) is 19.7 Å². The largest absolute Gasteiger partial charge is 0.471 e. The highest BCUT2D eigenvalue weighted by Gasteiger charge is 2.43. The van der Waals surface area contributed by atoms with E-state index in [1.165, 1.54) is 0 Å². The first-order chi connectivity index (χ1) is 7.45. The van der Waals surface area contributed by atoms with Crippen LogP contribution >= 0.6 is 0 Å². The summed E-state index contributed by atoms with van der Waals surface area (Å²) >= 11 is 0. The van der Waals surface area contributed by atoms with Crippen LogP contribution in [0.4, 0.5) is 13.2 Å². The van der Waals surface area contributed by atoms with Gasteiger partial charge in [0.25, 0.3) is 0 Å². The number of carbonyl (C=O) groups is 1. The predicted molar refractivity (Wildman–Crippen MR) is 51.9 cm³/mol. The normalized spacial score (nSPS) is 22.2. The Morgan fingerprint density at radius 3 is 2.75 bits per heavy atom. The molecular formula is C10H16F3NO2. The summed E-state index contributed by atoms with van der Waals surface area (Å²) in [5.41, 5.74) is 0. The molecule has 1 heterocycles. The molecule has 16 heavy (non-hydrogen) atoms. The van der Waals surface area contributed by atoms with Gasteiger partial charge in [-0.2, -0.15) is 13.2 Å². The van der Waals surface area contributed by atoms with Gasteiger partial charge in [-0.15, -0.1) is 0 Å². The van der Waals surface area contributed by atoms with Gasteiger partial charge < -0.3 is 9.64 Å². The second-order valence-corrected chi connectivity index (χ2v) is 3.88. The molecule has 3 nitrogen and oxygen atoms in total. The Labute approximate surface area is 92.5 Å². The number of piperidine rings is 1. The molecule has 0 radical (unpaired) electrons. The van der Waals surface area contributed by atoms with E-state index in [1.54, 1.807) is 0 Å². The molecule has 0 bridgehead atoms. The van der Waals surface area contributed by atoms with Gasteiger partial charge in [0.2, 0.25) is 0 Å². The molecule has 6 heteroatoms. The van der Waals surface area contributed by atoms with Crippen molar-refractivity contribution in [3.05, 3.63) is 0 Å². The first-order valence-corrected chi connectivity index (χ1v) is 5.43. The van der Waals surface area contributed by atoms with Crippen LogP contribution in [0.2, 0.25) is 0 Å². The fraction of sp³-hybridized carbons (Fsp3) is 0.900. The van der Waals surface area contributed by atoms with E-state index < -0.39 is 12.1 Å². The van der Waals surface area contributed by atoms with E-state index in [2.05, 4.69) is 0 Å². The zero-order chi connectivity index (χ0) is 12.2. The van der Waals surface area contributed by atoms with Crippen molar-refractivity contribution in [1.82, 2.24) is 4.90 Å². The van der Waals surface area contributed by atoms with Crippen molar-refractivity contribution in [3.8, 4) is 0 Å². The van der Waals surface area contributed by atoms with E-state index in [1.807, 2.05) is 6.92 Å². The number of amides is 1. The van der Waals surface area contributed by atoms with Crippen LogP contribution in [0.3, 0.4) is 0 Å². The summed E-state index contributed by atoms with van der Waals surface area (Å²) in [4.78, 5) is 11.8. The van der Waals surface area contributed by atoms with E-state index in [0.29, 0.717) is 13.0 Å². The van der Waals surface area contributed by atoms with Crippen LogP contribution in [-0.4, -0.2) is 42.8 Å². The number of likely N-dealkylation sites (tertiary alicyclic amines) is 1. The summed E-state index contributed by atoms with van der Waals surface area (Å²) < 4.78 is 41.9. The third-order valence-electron chi connectivity index (χ3n) is 2.47. The van der Waals surface area contributed by atoms with Crippen molar-refractivity contribution >= 4 is 5.91 Å². The van der Waals surface area contributed by atoms with Gasteiger partial charge in [-0.1, -0.05) is 6.92 Å². The Bertz CT molecular complexity index is 243. The first-order valence-electron chi connectivity index (χ1n) is 5.43. The van der Waals surface area contributed by atoms with E-state index in [9.17, 15) is 18.0 Å². The molecule has 0 aromatic rings. The van der Waals surface area contributed by atoms with Crippen LogP contribution in [0.15, 0.2) is 0 Å². The van der Waals surface area contributed by atoms with Crippen molar-refractivity contribution in [2.24, 2.45) is 0 Å². The molecule has 0 spiro atoms. The molecule has 1 saturated heterocycles. The quantitative estimate of drug-likeness (QED) is 0.753. The molecule has 0 aromatic carbocycles. The Kier molecular flexibility index (Phi) is 4.58. The highest BCUT2D eigenvalue weighted by Crippen LogP contribution is 2.22. The maximum absolute atomic E-state index is 12.2. The Hall–Kier alpha value is -0.780. The number of halogens is 3. The lowest BCUT2D eigenvalue weighted by Crippen LogP contribution is -2.48. The van der Waals surface area contributed by atoms with E-state index in [0.717, 1.165) is 17.7 Å². The van der Waals surface area contributed by atoms with Gasteiger partial charge in [0.1, 0.15) is 0 Å². The SMILES string of the molecule is CCCOC1CCCN(C(=O)C(F)(F)F)C1. The predicted octanol–water partition coefficient (Wildman–Crippen LogP) is 1.97. The molecule has 0 saturated carbocycles. The highest BCUT2D eigenvalue weighted by molar-refractivity contribution is 5.81. The molecule has 0 aliphatic carbocycles. The lowest BCUT2D eigenvalue weighted by Gasteiger charge is -2.32. The number of hydrogen-bond acceptors (Lipinski definition) is 2. The van der Waals surface area contributed by atoms with Crippen molar-refractivity contribution in [3.63, 3.8) is 0 Å². The first kappa shape index (κ1) is 13.3. The van der Waals surface area contributed by atoms with Gasteiger partial charge in [0, 0.05) is 19.7 Å². The van der Waals surface area contributed by atoms with Gasteiger partial charge in [-0.3, -0.25) is 4.79 Å². The molecule has 1 amide bonds. The monoisotopic (exact) mass is 239 g/mol. The topological polar surface area (TPSA) is 29.5 Å². The molecule has 1 unspecified atom stereocenters. The van der Waals surface area contributed by atoms with Crippen molar-refractivity contribution < 1.29 is 22.7 Å². The lowest BCUT2D eigenvalue weighted by atomic mass is 10.1. The van der Waals surface area contributed by atoms with Crippen LogP contribution < -0.4 is 0 Å². The van der Waals surface area contributed by atoms with Crippen LogP contribution in [0.5, 0.6) is 0 Å². The van der Waals surface area contributed by atoms with Gasteiger partial charge in [0.15, 0.2) is 0 Å². The molecule has 0 N–H and O–H groups in total. The van der Waals surface area contributed by atoms with Gasteiger partial charge in [-0.25, -0.2) is 0 Å². The van der Waals surface area contributed by atoms with E-state index >= 15 is 0 Å². The molecule has 1 aliphatic rings. The maximum Gasteiger partial charge on any atom is 0.471 e. The molecule has 1 fully saturated rings. The highest BCUT2D eigenvalue weighted by atomic mass is 19.4. The minimum absolute atomic E-state index is 0.0539. The number of alkyl halides is 3. The summed E-state index contributed by atoms with van der Waals surface area (Å²) in [6.45, 7) is 2.68. The third-order valence-corrected chi connectivity index (χ3v) is 2.47. The fourth-order valence-electron chi connectivity index (χ4n) is 1.72. The number of ether oxygens (including phenoxy) is 1. The molecule has 1 rings (SSSR count). The minimum atomic E-state index is -4.77. The number of nitrogens with zero attached hydrogens (tertiary/aromatic N) is 1. The summed E-state index contributed by atoms with van der Waals surface area (Å²) in [6, 6.07) is 0. The average molecular weight is 239 g/mol. The van der Waals surface area contributed by atoms with E-state index in [-0.39, 0.29) is 19.2 Å². The summed E-state index contributed by atoms with van der Waals surface area (Å²) in [5, 5.41) is 0. The van der Waals surface area contributed by atoms with Crippen LogP contribution in [0.1, 0.15) is 26.2 Å². The Morgan fingerprint density at radius 2 is 2.19 bits per heavy atom. The molecular weight excluding hydrogens is 223 g/mol. The van der Waals surface area contributed by atoms with Crippen LogP contribution in [-0.2, 0) is 9.53 Å². The van der Waals surface area contributed by atoms with Crippen LogP contribution in [0.25, 0.3) is 0 Å². The average Bonchev–Trinajstić information content (AvgIpc) is 2.24. The second kappa shape index (κ2) is 5.52. The fourth-order valence-corrected chi connectivity index (χ4v) is 1.72. The van der Waals surface area contributed by atoms with Gasteiger partial charge >= 0.3 is 12.1 Å². The number of carbonyl (C=O) groups excluding carboxylic acids is 1. The molecule has 1 aliphatic heterocycles. The molecule has 0 aromatic heterocycles. The Balaban J connectivity index is 2.47. The zero-order valence-corrected chi connectivity index (χ0v) is 9.22. The molecule has 1 atom stereocenters. The summed E-state index contributed by atoms with van der Waals surface area (Å²) in [6.07, 6.45) is -2.91. The third kappa shape index (κ3) is 3.66. The van der Waals surface area contributed by atoms with Crippen LogP contribution in [0, 0.1) is 0 Å². The van der Waals surface area contributed by atoms with Crippen molar-refractivity contribution in [1.29, 1.82) is 0 Å². The van der Waals surface area contributed by atoms with Gasteiger partial charge in [0.05, 0.1) is 6.10 Å². The van der Waals surface area contributed by atoms with E-state index in [4.69, 9.17) is 4.74 Å². The standard InChI is InChI=1S/C10H16F3NO2/c1-2-6-16-8-4-3-5-14(7-8)9(15)10(11,12)13/h8H,2-7H2,1H3. The smallest absolute Gasteiger partial charge is 0.376 e. The molecule has 94 valence electrons. The number of hydrogen-bond donors (Lipinski definition) is 0. The zero-order valence-electron chi connectivity index (χ0n) is 9.22. The van der Waals surface area contributed by atoms with Gasteiger partial charge in [-0.05, 0) is 19.3 Å². The second-order valence-electron chi connectivity index (χ2n) is 3.88. The minimum Gasteiger partial charge on any atom is -0.376 e. The Morgan fingerprint density at radius 1 is 1.50 bits per heavy atom. The lowest BCUT2D eigenvalue weighted by molar-refractivity contribution is -0.188. The van der Waals surface area contributed by atoms with Crippen molar-refractivity contribution in [2.45, 2.75) is 38.5 Å². The number of rotatable bonds is 3.